The first-order chi connectivity index (χ1) is 12.6. The summed E-state index contributed by atoms with van der Waals surface area (Å²) in [5.41, 5.74) is 2.82. The summed E-state index contributed by atoms with van der Waals surface area (Å²) in [4.78, 5) is 12.1. The lowest BCUT2D eigenvalue weighted by Gasteiger charge is -2.07. The third kappa shape index (κ3) is 4.63. The lowest BCUT2D eigenvalue weighted by atomic mass is 10.1. The molecule has 2 aromatic carbocycles. The van der Waals surface area contributed by atoms with E-state index in [1.165, 1.54) is 6.07 Å². The van der Waals surface area contributed by atoms with Crippen LogP contribution in [-0.2, 0) is 6.42 Å². The molecule has 3 rings (SSSR count). The molecule has 0 saturated heterocycles. The van der Waals surface area contributed by atoms with Crippen molar-refractivity contribution in [3.05, 3.63) is 83.3 Å². The molecular weight excluding hydrogens is 331 g/mol. The molecule has 132 valence electrons. The lowest BCUT2D eigenvalue weighted by Crippen LogP contribution is -2.27. The highest BCUT2D eigenvalue weighted by molar-refractivity contribution is 5.92. The topological polar surface area (TPSA) is 66.9 Å². The molecular formula is C20H19FN4O. The van der Waals surface area contributed by atoms with Gasteiger partial charge in [-0.3, -0.25) is 4.79 Å². The first-order valence-electron chi connectivity index (χ1n) is 8.31. The average Bonchev–Trinajstić information content (AvgIpc) is 2.64. The van der Waals surface area contributed by atoms with Crippen LogP contribution < -0.4 is 10.6 Å². The normalized spacial score (nSPS) is 10.4. The summed E-state index contributed by atoms with van der Waals surface area (Å²) < 4.78 is 13.5. The molecule has 6 heteroatoms. The molecule has 0 aliphatic heterocycles. The summed E-state index contributed by atoms with van der Waals surface area (Å²) in [6.45, 7) is 2.33. The molecule has 0 aliphatic carbocycles. The van der Waals surface area contributed by atoms with Gasteiger partial charge < -0.3 is 10.6 Å². The fourth-order valence-corrected chi connectivity index (χ4v) is 2.49. The maximum absolute atomic E-state index is 13.5. The maximum atomic E-state index is 13.5. The highest BCUT2D eigenvalue weighted by atomic mass is 19.1. The molecule has 0 unspecified atom stereocenters. The standard InChI is InChI=1S/C20H19FN4O/c1-14-5-4-7-16(13-14)23-19-10-9-18(24-25-19)20(26)22-12-11-15-6-2-3-8-17(15)21/h2-10,13H,11-12H2,1H3,(H,22,26)(H,23,25). The van der Waals surface area contributed by atoms with E-state index in [2.05, 4.69) is 20.8 Å². The van der Waals surface area contributed by atoms with Crippen molar-refractivity contribution in [1.82, 2.24) is 15.5 Å². The molecule has 0 bridgehead atoms. The molecule has 0 fully saturated rings. The first-order valence-corrected chi connectivity index (χ1v) is 8.31. The minimum Gasteiger partial charge on any atom is -0.350 e. The third-order valence-corrected chi connectivity index (χ3v) is 3.83. The van der Waals surface area contributed by atoms with Crippen LogP contribution in [0, 0.1) is 12.7 Å². The Bertz CT molecular complexity index is 896. The van der Waals surface area contributed by atoms with Crippen LogP contribution >= 0.6 is 0 Å². The number of carbonyl (C=O) groups is 1. The molecule has 0 saturated carbocycles. The van der Waals surface area contributed by atoms with E-state index in [0.717, 1.165) is 11.3 Å². The Balaban J connectivity index is 1.54. The molecule has 0 radical (unpaired) electrons. The molecule has 5 nitrogen and oxygen atoms in total. The predicted molar refractivity (Wildman–Crippen MR) is 98.9 cm³/mol. The lowest BCUT2D eigenvalue weighted by molar-refractivity contribution is 0.0948. The van der Waals surface area contributed by atoms with E-state index in [-0.39, 0.29) is 17.4 Å². The van der Waals surface area contributed by atoms with Gasteiger partial charge in [-0.15, -0.1) is 10.2 Å². The number of anilines is 2. The predicted octanol–water partition coefficient (Wildman–Crippen LogP) is 3.64. The number of carbonyl (C=O) groups excluding carboxylic acids is 1. The molecule has 1 aromatic heterocycles. The van der Waals surface area contributed by atoms with E-state index in [1.54, 1.807) is 30.3 Å². The fourth-order valence-electron chi connectivity index (χ4n) is 2.49. The molecule has 3 aromatic rings. The van der Waals surface area contributed by atoms with E-state index in [4.69, 9.17) is 0 Å². The van der Waals surface area contributed by atoms with Crippen LogP contribution in [0.5, 0.6) is 0 Å². The van der Waals surface area contributed by atoms with Gasteiger partial charge in [0.2, 0.25) is 0 Å². The number of amides is 1. The van der Waals surface area contributed by atoms with Crippen LogP contribution in [0.15, 0.2) is 60.7 Å². The van der Waals surface area contributed by atoms with E-state index in [1.807, 2.05) is 31.2 Å². The zero-order valence-electron chi connectivity index (χ0n) is 14.4. The second-order valence-corrected chi connectivity index (χ2v) is 5.90. The summed E-state index contributed by atoms with van der Waals surface area (Å²) in [5, 5.41) is 13.8. The third-order valence-electron chi connectivity index (χ3n) is 3.83. The van der Waals surface area contributed by atoms with Crippen LogP contribution in [0.1, 0.15) is 21.6 Å². The molecule has 1 amide bonds. The monoisotopic (exact) mass is 350 g/mol. The van der Waals surface area contributed by atoms with Crippen LogP contribution in [-0.4, -0.2) is 22.6 Å². The highest BCUT2D eigenvalue weighted by Gasteiger charge is 2.09. The number of hydrogen-bond acceptors (Lipinski definition) is 4. The Morgan fingerprint density at radius 2 is 1.88 bits per heavy atom. The zero-order valence-corrected chi connectivity index (χ0v) is 14.4. The van der Waals surface area contributed by atoms with E-state index in [9.17, 15) is 9.18 Å². The Morgan fingerprint density at radius 1 is 1.04 bits per heavy atom. The smallest absolute Gasteiger partial charge is 0.271 e. The van der Waals surface area contributed by atoms with Crippen molar-refractivity contribution < 1.29 is 9.18 Å². The van der Waals surface area contributed by atoms with E-state index in [0.29, 0.717) is 24.3 Å². The number of benzene rings is 2. The number of nitrogens with one attached hydrogen (secondary N) is 2. The molecule has 26 heavy (non-hydrogen) atoms. The quantitative estimate of drug-likeness (QED) is 0.712. The van der Waals surface area contributed by atoms with Crippen LogP contribution in [0.2, 0.25) is 0 Å². The van der Waals surface area contributed by atoms with Crippen molar-refractivity contribution in [3.63, 3.8) is 0 Å². The number of rotatable bonds is 6. The van der Waals surface area contributed by atoms with Crippen molar-refractivity contribution in [2.24, 2.45) is 0 Å². The van der Waals surface area contributed by atoms with Gasteiger partial charge in [0.05, 0.1) is 0 Å². The number of aryl methyl sites for hydroxylation is 1. The molecule has 2 N–H and O–H groups in total. The number of aromatic nitrogens is 2. The number of halogens is 1. The van der Waals surface area contributed by atoms with Gasteiger partial charge in [0.1, 0.15) is 5.82 Å². The van der Waals surface area contributed by atoms with E-state index >= 15 is 0 Å². The Hall–Kier alpha value is -3.28. The van der Waals surface area contributed by atoms with Crippen LogP contribution in [0.3, 0.4) is 0 Å². The second kappa shape index (κ2) is 8.20. The SMILES string of the molecule is Cc1cccc(Nc2ccc(C(=O)NCCc3ccccc3F)nn2)c1. The van der Waals surface area contributed by atoms with E-state index < -0.39 is 0 Å². The van der Waals surface area contributed by atoms with Crippen molar-refractivity contribution in [1.29, 1.82) is 0 Å². The van der Waals surface area contributed by atoms with Crippen LogP contribution in [0.4, 0.5) is 15.9 Å². The zero-order chi connectivity index (χ0) is 18.4. The molecule has 0 spiro atoms. The van der Waals surface area contributed by atoms with Gasteiger partial charge in [0, 0.05) is 12.2 Å². The minimum absolute atomic E-state index is 0.216. The van der Waals surface area contributed by atoms with Crippen molar-refractivity contribution in [3.8, 4) is 0 Å². The Kier molecular flexibility index (Phi) is 5.53. The van der Waals surface area contributed by atoms with Crippen molar-refractivity contribution in [2.75, 3.05) is 11.9 Å². The Morgan fingerprint density at radius 3 is 2.62 bits per heavy atom. The molecule has 1 heterocycles. The fraction of sp³-hybridized carbons (Fsp3) is 0.150. The summed E-state index contributed by atoms with van der Waals surface area (Å²) in [5.74, 6) is -0.0532. The maximum Gasteiger partial charge on any atom is 0.271 e. The highest BCUT2D eigenvalue weighted by Crippen LogP contribution is 2.15. The van der Waals surface area contributed by atoms with Gasteiger partial charge in [-0.25, -0.2) is 4.39 Å². The van der Waals surface area contributed by atoms with Gasteiger partial charge in [0.25, 0.3) is 5.91 Å². The van der Waals surface area contributed by atoms with Crippen molar-refractivity contribution >= 4 is 17.4 Å². The van der Waals surface area contributed by atoms with Gasteiger partial charge in [-0.1, -0.05) is 30.3 Å². The second-order valence-electron chi connectivity index (χ2n) is 5.90. The summed E-state index contributed by atoms with van der Waals surface area (Å²) in [6, 6.07) is 17.7. The van der Waals surface area contributed by atoms with Gasteiger partial charge in [0.15, 0.2) is 11.5 Å². The first kappa shape index (κ1) is 17.5. The number of hydrogen-bond donors (Lipinski definition) is 2. The summed E-state index contributed by atoms with van der Waals surface area (Å²) in [6.07, 6.45) is 0.416. The minimum atomic E-state index is -0.337. The summed E-state index contributed by atoms with van der Waals surface area (Å²) in [7, 11) is 0. The Labute approximate surface area is 151 Å². The van der Waals surface area contributed by atoms with Gasteiger partial charge in [-0.2, -0.15) is 0 Å². The molecule has 0 atom stereocenters. The van der Waals surface area contributed by atoms with Gasteiger partial charge in [-0.05, 0) is 54.8 Å². The van der Waals surface area contributed by atoms with Crippen molar-refractivity contribution in [2.45, 2.75) is 13.3 Å². The largest absolute Gasteiger partial charge is 0.350 e. The van der Waals surface area contributed by atoms with Gasteiger partial charge >= 0.3 is 0 Å². The average molecular weight is 350 g/mol. The number of nitrogens with zero attached hydrogens (tertiary/aromatic N) is 2. The summed E-state index contributed by atoms with van der Waals surface area (Å²) >= 11 is 0. The van der Waals surface area contributed by atoms with Crippen LogP contribution in [0.25, 0.3) is 0 Å². The molecule has 0 aliphatic rings.